The van der Waals surface area contributed by atoms with E-state index in [2.05, 4.69) is 23.8 Å². The number of hydrogen-bond acceptors (Lipinski definition) is 5. The van der Waals surface area contributed by atoms with Gasteiger partial charge in [0.05, 0.1) is 13.2 Å². The summed E-state index contributed by atoms with van der Waals surface area (Å²) in [7, 11) is 1.40. The zero-order chi connectivity index (χ0) is 19.4. The summed E-state index contributed by atoms with van der Waals surface area (Å²) in [5.41, 5.74) is 6.22. The summed E-state index contributed by atoms with van der Waals surface area (Å²) in [4.78, 5) is 23.1. The van der Waals surface area contributed by atoms with Crippen molar-refractivity contribution in [3.63, 3.8) is 0 Å². The molecule has 5 heteroatoms. The Bertz CT molecular complexity index is 449. The van der Waals surface area contributed by atoms with Gasteiger partial charge in [0.15, 0.2) is 0 Å². The summed E-state index contributed by atoms with van der Waals surface area (Å²) in [5.74, 6) is 0.480. The number of carbonyl (C=O) groups excluding carboxylic acids is 2. The van der Waals surface area contributed by atoms with Crippen molar-refractivity contribution in [1.82, 2.24) is 0 Å². The minimum Gasteiger partial charge on any atom is -0.469 e. The van der Waals surface area contributed by atoms with Crippen LogP contribution in [0.15, 0.2) is 12.2 Å². The number of nitrogens with two attached hydrogens (primary N) is 1. The van der Waals surface area contributed by atoms with E-state index in [1.165, 1.54) is 7.11 Å². The molecule has 1 rings (SSSR count). The first-order valence-corrected chi connectivity index (χ1v) is 10.2. The number of allylic oxidation sites excluding steroid dienone is 2. The van der Waals surface area contributed by atoms with E-state index < -0.39 is 0 Å². The average molecular weight is 368 g/mol. The predicted molar refractivity (Wildman–Crippen MR) is 104 cm³/mol. The second-order valence-corrected chi connectivity index (χ2v) is 7.50. The van der Waals surface area contributed by atoms with Crippen LogP contribution in [-0.4, -0.2) is 36.1 Å². The summed E-state index contributed by atoms with van der Waals surface area (Å²) in [6.45, 7) is 2.14. The Kier molecular flexibility index (Phi) is 11.5. The highest BCUT2D eigenvalue weighted by atomic mass is 16.5. The Balaban J connectivity index is 2.36. The molecule has 0 heterocycles. The van der Waals surface area contributed by atoms with Gasteiger partial charge in [-0.2, -0.15) is 0 Å². The molecule has 4 atom stereocenters. The van der Waals surface area contributed by atoms with Crippen LogP contribution in [-0.2, 0) is 14.3 Å². The van der Waals surface area contributed by atoms with Crippen molar-refractivity contribution in [1.29, 1.82) is 0 Å². The molecular formula is C21H37NO4. The fourth-order valence-electron chi connectivity index (χ4n) is 3.85. The van der Waals surface area contributed by atoms with Crippen LogP contribution in [0.3, 0.4) is 0 Å². The minimum absolute atomic E-state index is 0.0221. The highest BCUT2D eigenvalue weighted by molar-refractivity contribution is 5.78. The average Bonchev–Trinajstić information content (AvgIpc) is 2.89. The number of Topliss-reactive ketones (excluding diaryl/α,β-unsaturated/α-hetero) is 1. The fraction of sp³-hybridized carbons (Fsp3) is 0.810. The van der Waals surface area contributed by atoms with Crippen LogP contribution >= 0.6 is 0 Å². The standard InChI is InChI=1S/C21H37NO4/c1-3-4-7-10-16(23)13-14-17-18(20(24)15-19(17)22)11-8-5-6-9-12-21(25)26-2/h5,8,17-20,24H,3-4,6-7,9-15,22H2,1-2H3/b8-5-/t17-,18-,19-,20?/m1/s1. The topological polar surface area (TPSA) is 89.6 Å². The number of carbonyl (C=O) groups is 2. The maximum atomic E-state index is 12.0. The van der Waals surface area contributed by atoms with Crippen molar-refractivity contribution < 1.29 is 19.4 Å². The first-order valence-electron chi connectivity index (χ1n) is 10.2. The Morgan fingerprint density at radius 1 is 1.12 bits per heavy atom. The highest BCUT2D eigenvalue weighted by Gasteiger charge is 2.39. The molecule has 3 N–H and O–H groups in total. The lowest BCUT2D eigenvalue weighted by atomic mass is 9.85. The summed E-state index contributed by atoms with van der Waals surface area (Å²) >= 11 is 0. The molecule has 150 valence electrons. The molecule has 0 aliphatic heterocycles. The summed E-state index contributed by atoms with van der Waals surface area (Å²) in [5, 5.41) is 10.3. The van der Waals surface area contributed by atoms with Gasteiger partial charge in [-0.05, 0) is 50.4 Å². The van der Waals surface area contributed by atoms with Crippen molar-refractivity contribution in [2.75, 3.05) is 7.11 Å². The second kappa shape index (κ2) is 13.0. The number of ketones is 1. The van der Waals surface area contributed by atoms with E-state index in [1.807, 2.05) is 0 Å². The van der Waals surface area contributed by atoms with Crippen molar-refractivity contribution in [3.05, 3.63) is 12.2 Å². The van der Waals surface area contributed by atoms with Gasteiger partial charge in [-0.25, -0.2) is 0 Å². The van der Waals surface area contributed by atoms with Gasteiger partial charge in [-0.15, -0.1) is 0 Å². The molecule has 1 fully saturated rings. The van der Waals surface area contributed by atoms with E-state index >= 15 is 0 Å². The molecule has 0 saturated heterocycles. The molecule has 26 heavy (non-hydrogen) atoms. The van der Waals surface area contributed by atoms with Crippen molar-refractivity contribution >= 4 is 11.8 Å². The molecule has 0 spiro atoms. The SMILES string of the molecule is CCCCCC(=O)CC[C@H]1[C@H](N)CC(O)[C@@H]1C/C=C\CCCC(=O)OC. The van der Waals surface area contributed by atoms with Crippen molar-refractivity contribution in [2.24, 2.45) is 17.6 Å². The maximum Gasteiger partial charge on any atom is 0.305 e. The number of hydrogen-bond donors (Lipinski definition) is 2. The number of unbranched alkanes of at least 4 members (excludes halogenated alkanes) is 3. The van der Waals surface area contributed by atoms with Gasteiger partial charge in [0, 0.05) is 25.3 Å². The molecule has 0 aromatic rings. The van der Waals surface area contributed by atoms with Crippen LogP contribution in [0, 0.1) is 11.8 Å². The number of ether oxygens (including phenoxy) is 1. The quantitative estimate of drug-likeness (QED) is 0.295. The van der Waals surface area contributed by atoms with Crippen LogP contribution in [0.25, 0.3) is 0 Å². The Morgan fingerprint density at radius 2 is 1.88 bits per heavy atom. The van der Waals surface area contributed by atoms with Gasteiger partial charge in [0.2, 0.25) is 0 Å². The lowest BCUT2D eigenvalue weighted by Crippen LogP contribution is -2.28. The molecule has 1 unspecified atom stereocenters. The van der Waals surface area contributed by atoms with Gasteiger partial charge >= 0.3 is 5.97 Å². The van der Waals surface area contributed by atoms with E-state index in [0.717, 1.165) is 44.9 Å². The summed E-state index contributed by atoms with van der Waals surface area (Å²) < 4.78 is 4.62. The van der Waals surface area contributed by atoms with Gasteiger partial charge in [-0.3, -0.25) is 9.59 Å². The Hall–Kier alpha value is -1.20. The summed E-state index contributed by atoms with van der Waals surface area (Å²) in [6, 6.07) is -0.0221. The smallest absolute Gasteiger partial charge is 0.305 e. The lowest BCUT2D eigenvalue weighted by Gasteiger charge is -2.22. The number of esters is 1. The highest BCUT2D eigenvalue weighted by Crippen LogP contribution is 2.37. The van der Waals surface area contributed by atoms with Crippen molar-refractivity contribution in [3.8, 4) is 0 Å². The Morgan fingerprint density at radius 3 is 2.58 bits per heavy atom. The third-order valence-electron chi connectivity index (χ3n) is 5.48. The number of rotatable bonds is 13. The molecule has 0 amide bonds. The molecule has 0 aromatic heterocycles. The van der Waals surface area contributed by atoms with E-state index in [4.69, 9.17) is 5.73 Å². The van der Waals surface area contributed by atoms with Gasteiger partial charge in [-0.1, -0.05) is 31.9 Å². The Labute approximate surface area is 158 Å². The van der Waals surface area contributed by atoms with Crippen LogP contribution < -0.4 is 5.73 Å². The van der Waals surface area contributed by atoms with Crippen molar-refractivity contribution in [2.45, 2.75) is 89.7 Å². The first kappa shape index (κ1) is 22.8. The van der Waals surface area contributed by atoms with Gasteiger partial charge < -0.3 is 15.6 Å². The predicted octanol–water partition coefficient (Wildman–Crippen LogP) is 3.53. The van der Waals surface area contributed by atoms with Crippen LogP contribution in [0.4, 0.5) is 0 Å². The van der Waals surface area contributed by atoms with Gasteiger partial charge in [0.1, 0.15) is 5.78 Å². The molecule has 1 saturated carbocycles. The van der Waals surface area contributed by atoms with E-state index in [1.54, 1.807) is 0 Å². The number of aliphatic hydroxyl groups is 1. The molecule has 0 radical (unpaired) electrons. The molecular weight excluding hydrogens is 330 g/mol. The van der Waals surface area contributed by atoms with Gasteiger partial charge in [0.25, 0.3) is 0 Å². The van der Waals surface area contributed by atoms with Crippen LogP contribution in [0.5, 0.6) is 0 Å². The molecule has 1 aliphatic carbocycles. The molecule has 0 aromatic carbocycles. The lowest BCUT2D eigenvalue weighted by molar-refractivity contribution is -0.140. The first-order chi connectivity index (χ1) is 12.5. The fourth-order valence-corrected chi connectivity index (χ4v) is 3.85. The minimum atomic E-state index is -0.384. The normalized spacial score (nSPS) is 25.7. The van der Waals surface area contributed by atoms with E-state index in [9.17, 15) is 14.7 Å². The third-order valence-corrected chi connectivity index (χ3v) is 5.48. The summed E-state index contributed by atoms with van der Waals surface area (Å²) in [6.07, 6.45) is 12.4. The maximum absolute atomic E-state index is 12.0. The van der Waals surface area contributed by atoms with Crippen LogP contribution in [0.1, 0.15) is 77.6 Å². The number of methoxy groups -OCH3 is 1. The zero-order valence-electron chi connectivity index (χ0n) is 16.5. The molecule has 0 bridgehead atoms. The van der Waals surface area contributed by atoms with E-state index in [-0.39, 0.29) is 30.0 Å². The largest absolute Gasteiger partial charge is 0.469 e. The molecule has 5 nitrogen and oxygen atoms in total. The monoisotopic (exact) mass is 367 g/mol. The van der Waals surface area contributed by atoms with E-state index in [0.29, 0.717) is 31.5 Å². The second-order valence-electron chi connectivity index (χ2n) is 7.50. The zero-order valence-corrected chi connectivity index (χ0v) is 16.5. The number of aliphatic hydroxyl groups excluding tert-OH is 1. The third kappa shape index (κ3) is 8.45. The molecule has 1 aliphatic rings. The van der Waals surface area contributed by atoms with Crippen LogP contribution in [0.2, 0.25) is 0 Å².